The highest BCUT2D eigenvalue weighted by Crippen LogP contribution is 2.32. The molecule has 0 atom stereocenters. The maximum Gasteiger partial charge on any atom is 0.263 e. The monoisotopic (exact) mass is 303 g/mol. The van der Waals surface area contributed by atoms with Crippen molar-refractivity contribution in [3.05, 3.63) is 28.3 Å². The average molecular weight is 303 g/mol. The number of hydrogen-bond donors (Lipinski definition) is 0. The van der Waals surface area contributed by atoms with Gasteiger partial charge in [-0.3, -0.25) is 9.48 Å². The van der Waals surface area contributed by atoms with E-state index in [0.717, 1.165) is 52.6 Å². The smallest absolute Gasteiger partial charge is 0.263 e. The van der Waals surface area contributed by atoms with E-state index < -0.39 is 0 Å². The highest BCUT2D eigenvalue weighted by molar-refractivity contribution is 7.17. The van der Waals surface area contributed by atoms with Crippen molar-refractivity contribution in [3.8, 4) is 10.6 Å². The van der Waals surface area contributed by atoms with Gasteiger partial charge in [0, 0.05) is 25.8 Å². The predicted octanol–water partition coefficient (Wildman–Crippen LogP) is 3.39. The van der Waals surface area contributed by atoms with Crippen LogP contribution < -0.4 is 0 Å². The van der Waals surface area contributed by atoms with Crippen LogP contribution >= 0.6 is 11.3 Å². The summed E-state index contributed by atoms with van der Waals surface area (Å²) in [5, 5.41) is 4.53. The lowest BCUT2D eigenvalue weighted by atomic mass is 10.1. The number of rotatable bonds is 2. The van der Waals surface area contributed by atoms with Gasteiger partial charge >= 0.3 is 0 Å². The van der Waals surface area contributed by atoms with Crippen molar-refractivity contribution in [3.63, 3.8) is 0 Å². The summed E-state index contributed by atoms with van der Waals surface area (Å²) in [7, 11) is 1.95. The fourth-order valence-electron chi connectivity index (χ4n) is 2.77. The topological polar surface area (TPSA) is 38.1 Å². The normalized spacial score (nSPS) is 15.5. The summed E-state index contributed by atoms with van der Waals surface area (Å²) in [4.78, 5) is 16.5. The lowest BCUT2D eigenvalue weighted by molar-refractivity contribution is 0.0729. The Bertz CT molecular complexity index is 646. The molecule has 21 heavy (non-hydrogen) atoms. The first kappa shape index (κ1) is 14.3. The van der Waals surface area contributed by atoms with Gasteiger partial charge < -0.3 is 4.90 Å². The van der Waals surface area contributed by atoms with Gasteiger partial charge in [0.05, 0.1) is 9.75 Å². The second kappa shape index (κ2) is 5.64. The Labute approximate surface area is 129 Å². The van der Waals surface area contributed by atoms with E-state index in [-0.39, 0.29) is 5.91 Å². The zero-order chi connectivity index (χ0) is 15.0. The largest absolute Gasteiger partial charge is 0.338 e. The molecule has 0 spiro atoms. The van der Waals surface area contributed by atoms with Crippen LogP contribution in [0.25, 0.3) is 10.6 Å². The van der Waals surface area contributed by atoms with Crippen molar-refractivity contribution >= 4 is 17.2 Å². The van der Waals surface area contributed by atoms with Crippen LogP contribution in [-0.2, 0) is 7.05 Å². The van der Waals surface area contributed by atoms with Gasteiger partial charge in [-0.05, 0) is 50.8 Å². The Kier molecular flexibility index (Phi) is 3.85. The van der Waals surface area contributed by atoms with Crippen LogP contribution in [0, 0.1) is 13.8 Å². The van der Waals surface area contributed by atoms with Crippen molar-refractivity contribution in [1.82, 2.24) is 14.7 Å². The molecule has 0 unspecified atom stereocenters. The minimum Gasteiger partial charge on any atom is -0.338 e. The van der Waals surface area contributed by atoms with Crippen LogP contribution in [0.2, 0.25) is 0 Å². The van der Waals surface area contributed by atoms with E-state index in [4.69, 9.17) is 0 Å². The molecule has 0 aliphatic carbocycles. The minimum absolute atomic E-state index is 0.182. The van der Waals surface area contributed by atoms with Crippen LogP contribution in [0.4, 0.5) is 0 Å². The summed E-state index contributed by atoms with van der Waals surface area (Å²) >= 11 is 1.57. The van der Waals surface area contributed by atoms with Crippen molar-refractivity contribution in [2.24, 2.45) is 7.05 Å². The minimum atomic E-state index is 0.182. The molecule has 4 nitrogen and oxygen atoms in total. The lowest BCUT2D eigenvalue weighted by Crippen LogP contribution is -2.35. The zero-order valence-electron chi connectivity index (χ0n) is 12.8. The molecule has 1 aliphatic heterocycles. The van der Waals surface area contributed by atoms with Crippen LogP contribution in [0.15, 0.2) is 12.1 Å². The fourth-order valence-corrected chi connectivity index (χ4v) is 3.86. The molecule has 0 N–H and O–H groups in total. The SMILES string of the molecule is Cc1cc(C(=O)N2CCCCC2)sc1-c1cc(C)n(C)n1. The molecule has 0 bridgehead atoms. The molecule has 112 valence electrons. The molecule has 1 amide bonds. The number of aromatic nitrogens is 2. The molecular weight excluding hydrogens is 282 g/mol. The molecule has 2 aromatic rings. The molecule has 0 radical (unpaired) electrons. The Morgan fingerprint density at radius 3 is 2.52 bits per heavy atom. The number of hydrogen-bond acceptors (Lipinski definition) is 3. The van der Waals surface area contributed by atoms with Gasteiger partial charge in [-0.2, -0.15) is 5.10 Å². The third-order valence-electron chi connectivity index (χ3n) is 4.12. The number of piperidine rings is 1. The van der Waals surface area contributed by atoms with Crippen LogP contribution in [0.1, 0.15) is 40.2 Å². The number of likely N-dealkylation sites (tertiary alicyclic amines) is 1. The molecule has 0 aromatic carbocycles. The molecule has 1 aliphatic rings. The van der Waals surface area contributed by atoms with E-state index in [1.807, 2.05) is 29.6 Å². The second-order valence-electron chi connectivity index (χ2n) is 5.77. The Morgan fingerprint density at radius 1 is 1.19 bits per heavy atom. The highest BCUT2D eigenvalue weighted by atomic mass is 32.1. The molecule has 1 saturated heterocycles. The van der Waals surface area contributed by atoms with Crippen LogP contribution in [0.3, 0.4) is 0 Å². The summed E-state index contributed by atoms with van der Waals surface area (Å²) < 4.78 is 1.88. The van der Waals surface area contributed by atoms with Crippen LogP contribution in [0.5, 0.6) is 0 Å². The lowest BCUT2D eigenvalue weighted by Gasteiger charge is -2.26. The fraction of sp³-hybridized carbons (Fsp3) is 0.500. The Hall–Kier alpha value is -1.62. The zero-order valence-corrected chi connectivity index (χ0v) is 13.7. The van der Waals surface area contributed by atoms with Crippen molar-refractivity contribution in [2.75, 3.05) is 13.1 Å². The van der Waals surface area contributed by atoms with Gasteiger partial charge in [-0.25, -0.2) is 0 Å². The number of carbonyl (C=O) groups excluding carboxylic acids is 1. The van der Waals surface area contributed by atoms with E-state index in [1.165, 1.54) is 6.42 Å². The second-order valence-corrected chi connectivity index (χ2v) is 6.82. The van der Waals surface area contributed by atoms with Gasteiger partial charge in [0.25, 0.3) is 5.91 Å². The van der Waals surface area contributed by atoms with Gasteiger partial charge in [0.15, 0.2) is 0 Å². The summed E-state index contributed by atoms with van der Waals surface area (Å²) in [6, 6.07) is 4.09. The maximum atomic E-state index is 12.6. The number of thiophene rings is 1. The number of carbonyl (C=O) groups is 1. The first-order chi connectivity index (χ1) is 10.1. The van der Waals surface area contributed by atoms with E-state index in [9.17, 15) is 4.79 Å². The first-order valence-electron chi connectivity index (χ1n) is 7.47. The maximum absolute atomic E-state index is 12.6. The molecule has 3 rings (SSSR count). The Morgan fingerprint density at radius 2 is 1.90 bits per heavy atom. The number of aryl methyl sites for hydroxylation is 3. The van der Waals surface area contributed by atoms with E-state index in [2.05, 4.69) is 18.1 Å². The summed E-state index contributed by atoms with van der Waals surface area (Å²) in [5.41, 5.74) is 3.23. The molecule has 1 fully saturated rings. The molecule has 5 heteroatoms. The average Bonchev–Trinajstić information content (AvgIpc) is 3.02. The predicted molar refractivity (Wildman–Crippen MR) is 85.7 cm³/mol. The van der Waals surface area contributed by atoms with E-state index in [1.54, 1.807) is 11.3 Å². The third-order valence-corrected chi connectivity index (χ3v) is 5.37. The number of amides is 1. The van der Waals surface area contributed by atoms with Gasteiger partial charge in [0.1, 0.15) is 5.69 Å². The molecular formula is C16H21N3OS. The molecule has 2 aromatic heterocycles. The summed E-state index contributed by atoms with van der Waals surface area (Å²) in [5.74, 6) is 0.182. The van der Waals surface area contributed by atoms with Gasteiger partial charge in [-0.1, -0.05) is 0 Å². The van der Waals surface area contributed by atoms with Gasteiger partial charge in [-0.15, -0.1) is 11.3 Å². The van der Waals surface area contributed by atoms with Crippen molar-refractivity contribution in [2.45, 2.75) is 33.1 Å². The molecule has 0 saturated carbocycles. The van der Waals surface area contributed by atoms with E-state index >= 15 is 0 Å². The standard InChI is InChI=1S/C16H21N3OS/c1-11-9-14(16(20)19-7-5-4-6-8-19)21-15(11)13-10-12(2)18(3)17-13/h9-10H,4-8H2,1-3H3. The summed E-state index contributed by atoms with van der Waals surface area (Å²) in [6.45, 7) is 5.89. The van der Waals surface area contributed by atoms with Crippen molar-refractivity contribution < 1.29 is 4.79 Å². The quantitative estimate of drug-likeness (QED) is 0.853. The molecule has 3 heterocycles. The third kappa shape index (κ3) is 2.75. The van der Waals surface area contributed by atoms with E-state index in [0.29, 0.717) is 0 Å². The van der Waals surface area contributed by atoms with Crippen LogP contribution in [-0.4, -0.2) is 33.7 Å². The highest BCUT2D eigenvalue weighted by Gasteiger charge is 2.22. The van der Waals surface area contributed by atoms with Crippen molar-refractivity contribution in [1.29, 1.82) is 0 Å². The summed E-state index contributed by atoms with van der Waals surface area (Å²) in [6.07, 6.45) is 3.50. The Balaban J connectivity index is 1.88. The first-order valence-corrected chi connectivity index (χ1v) is 8.28. The number of nitrogens with zero attached hydrogens (tertiary/aromatic N) is 3. The van der Waals surface area contributed by atoms with Gasteiger partial charge in [0.2, 0.25) is 0 Å².